The summed E-state index contributed by atoms with van der Waals surface area (Å²) in [5.74, 6) is 2.89. The third kappa shape index (κ3) is 3.92. The molecule has 1 aliphatic heterocycles. The van der Waals surface area contributed by atoms with Crippen molar-refractivity contribution in [2.75, 3.05) is 37.0 Å². The Balaban J connectivity index is 1.33. The number of benzene rings is 2. The Bertz CT molecular complexity index is 901. The minimum atomic E-state index is 0.493. The summed E-state index contributed by atoms with van der Waals surface area (Å²) in [4.78, 5) is 6.76. The van der Waals surface area contributed by atoms with Gasteiger partial charge in [-0.15, -0.1) is 5.10 Å². The lowest BCUT2D eigenvalue weighted by Crippen LogP contribution is -2.18. The topological polar surface area (TPSA) is 72.4 Å². The SMILES string of the molecule is COc1ccc(OCCNc2nncc(N3CCc4ccccc43)n2)cc1. The molecule has 0 fully saturated rings. The maximum atomic E-state index is 5.70. The molecule has 4 rings (SSSR count). The molecule has 0 aliphatic carbocycles. The molecule has 2 aromatic carbocycles. The van der Waals surface area contributed by atoms with Crippen LogP contribution < -0.4 is 19.7 Å². The number of hydrogen-bond acceptors (Lipinski definition) is 7. The van der Waals surface area contributed by atoms with E-state index in [0.717, 1.165) is 30.3 Å². The average molecular weight is 363 g/mol. The highest BCUT2D eigenvalue weighted by Gasteiger charge is 2.21. The lowest BCUT2D eigenvalue weighted by molar-refractivity contribution is 0.331. The van der Waals surface area contributed by atoms with Crippen molar-refractivity contribution in [3.05, 3.63) is 60.3 Å². The van der Waals surface area contributed by atoms with Gasteiger partial charge in [0.05, 0.1) is 19.9 Å². The Morgan fingerprint density at radius 2 is 1.89 bits per heavy atom. The number of nitrogens with zero attached hydrogens (tertiary/aromatic N) is 4. The minimum absolute atomic E-state index is 0.493. The molecule has 7 nitrogen and oxygen atoms in total. The van der Waals surface area contributed by atoms with Crippen LogP contribution in [0.3, 0.4) is 0 Å². The zero-order chi connectivity index (χ0) is 18.5. The van der Waals surface area contributed by atoms with Crippen molar-refractivity contribution in [3.8, 4) is 11.5 Å². The molecule has 27 heavy (non-hydrogen) atoms. The summed E-state index contributed by atoms with van der Waals surface area (Å²) in [6, 6.07) is 15.9. The predicted octanol–water partition coefficient (Wildman–Crippen LogP) is 3.07. The molecule has 0 atom stereocenters. The first-order valence-electron chi connectivity index (χ1n) is 8.89. The number of nitrogens with one attached hydrogen (secondary N) is 1. The molecule has 1 aromatic heterocycles. The Morgan fingerprint density at radius 1 is 1.07 bits per heavy atom. The number of methoxy groups -OCH3 is 1. The largest absolute Gasteiger partial charge is 0.497 e. The summed E-state index contributed by atoms with van der Waals surface area (Å²) in [7, 11) is 1.64. The lowest BCUT2D eigenvalue weighted by atomic mass is 10.2. The van der Waals surface area contributed by atoms with Gasteiger partial charge in [-0.25, -0.2) is 0 Å². The summed E-state index contributed by atoms with van der Waals surface area (Å²) < 4.78 is 10.8. The fourth-order valence-electron chi connectivity index (χ4n) is 3.08. The van der Waals surface area contributed by atoms with Gasteiger partial charge in [-0.3, -0.25) is 0 Å². The first-order chi connectivity index (χ1) is 13.3. The second-order valence-corrected chi connectivity index (χ2v) is 6.12. The fourth-order valence-corrected chi connectivity index (χ4v) is 3.08. The molecule has 0 bridgehead atoms. The van der Waals surface area contributed by atoms with E-state index in [4.69, 9.17) is 9.47 Å². The standard InChI is InChI=1S/C20H21N5O2/c1-26-16-6-8-17(9-7-16)27-13-11-21-20-23-19(14-22-24-20)25-12-10-15-4-2-3-5-18(15)25/h2-9,14H,10-13H2,1H3,(H,21,23,24). The van der Waals surface area contributed by atoms with Crippen LogP contribution in [0.5, 0.6) is 11.5 Å². The zero-order valence-corrected chi connectivity index (χ0v) is 15.1. The molecule has 0 radical (unpaired) electrons. The normalized spacial score (nSPS) is 12.6. The molecule has 138 valence electrons. The van der Waals surface area contributed by atoms with Gasteiger partial charge >= 0.3 is 0 Å². The van der Waals surface area contributed by atoms with Gasteiger partial charge in [0.1, 0.15) is 18.1 Å². The molecule has 7 heteroatoms. The second-order valence-electron chi connectivity index (χ2n) is 6.12. The maximum absolute atomic E-state index is 5.70. The van der Waals surface area contributed by atoms with E-state index in [1.165, 1.54) is 11.3 Å². The molecule has 2 heterocycles. The van der Waals surface area contributed by atoms with Gasteiger partial charge in [-0.1, -0.05) is 18.2 Å². The first kappa shape index (κ1) is 17.1. The van der Waals surface area contributed by atoms with Crippen molar-refractivity contribution in [2.45, 2.75) is 6.42 Å². The van der Waals surface area contributed by atoms with Gasteiger partial charge in [0.25, 0.3) is 0 Å². The number of fused-ring (bicyclic) bond motifs is 1. The highest BCUT2D eigenvalue weighted by Crippen LogP contribution is 2.32. The van der Waals surface area contributed by atoms with Gasteiger partial charge < -0.3 is 19.7 Å². The Labute approximate surface area is 158 Å². The number of ether oxygens (including phenoxy) is 2. The van der Waals surface area contributed by atoms with Crippen LogP contribution in [0, 0.1) is 0 Å². The molecule has 0 saturated heterocycles. The van der Waals surface area contributed by atoms with E-state index in [1.54, 1.807) is 13.3 Å². The molecule has 1 N–H and O–H groups in total. The van der Waals surface area contributed by atoms with Crippen LogP contribution in [0.25, 0.3) is 0 Å². The van der Waals surface area contributed by atoms with Crippen molar-refractivity contribution in [3.63, 3.8) is 0 Å². The molecular weight excluding hydrogens is 342 g/mol. The summed E-state index contributed by atoms with van der Waals surface area (Å²) in [6.07, 6.45) is 2.71. The van der Waals surface area contributed by atoms with Crippen molar-refractivity contribution in [1.82, 2.24) is 15.2 Å². The lowest BCUT2D eigenvalue weighted by Gasteiger charge is -2.18. The Morgan fingerprint density at radius 3 is 2.74 bits per heavy atom. The van der Waals surface area contributed by atoms with E-state index in [9.17, 15) is 0 Å². The Kier molecular flexibility index (Phi) is 5.00. The van der Waals surface area contributed by atoms with Crippen LogP contribution in [-0.2, 0) is 6.42 Å². The molecule has 0 unspecified atom stereocenters. The van der Waals surface area contributed by atoms with Gasteiger partial charge in [0, 0.05) is 12.2 Å². The predicted molar refractivity (Wildman–Crippen MR) is 104 cm³/mol. The number of rotatable bonds is 7. The van der Waals surface area contributed by atoms with E-state index in [2.05, 4.69) is 43.6 Å². The average Bonchev–Trinajstić information content (AvgIpc) is 3.16. The summed E-state index contributed by atoms with van der Waals surface area (Å²) >= 11 is 0. The maximum Gasteiger partial charge on any atom is 0.244 e. The first-order valence-corrected chi connectivity index (χ1v) is 8.89. The number of aromatic nitrogens is 3. The van der Waals surface area contributed by atoms with Crippen molar-refractivity contribution >= 4 is 17.5 Å². The number of para-hydroxylation sites is 1. The van der Waals surface area contributed by atoms with Crippen LogP contribution in [0.2, 0.25) is 0 Å². The third-order valence-electron chi connectivity index (χ3n) is 4.42. The van der Waals surface area contributed by atoms with Crippen molar-refractivity contribution < 1.29 is 9.47 Å². The molecule has 0 saturated carbocycles. The molecule has 3 aromatic rings. The van der Waals surface area contributed by atoms with E-state index in [-0.39, 0.29) is 0 Å². The van der Waals surface area contributed by atoms with Gasteiger partial charge in [0.15, 0.2) is 5.82 Å². The summed E-state index contributed by atoms with van der Waals surface area (Å²) in [5, 5.41) is 11.3. The highest BCUT2D eigenvalue weighted by atomic mass is 16.5. The highest BCUT2D eigenvalue weighted by molar-refractivity contribution is 5.67. The van der Waals surface area contributed by atoms with E-state index in [1.807, 2.05) is 30.3 Å². The van der Waals surface area contributed by atoms with Crippen molar-refractivity contribution in [1.29, 1.82) is 0 Å². The van der Waals surface area contributed by atoms with E-state index in [0.29, 0.717) is 19.1 Å². The molecule has 0 amide bonds. The molecule has 1 aliphatic rings. The number of anilines is 3. The van der Waals surface area contributed by atoms with Gasteiger partial charge in [0.2, 0.25) is 5.95 Å². The van der Waals surface area contributed by atoms with Gasteiger partial charge in [-0.05, 0) is 42.3 Å². The fraction of sp³-hybridized carbons (Fsp3) is 0.250. The second kappa shape index (κ2) is 7.90. The summed E-state index contributed by atoms with van der Waals surface area (Å²) in [5.41, 5.74) is 2.52. The third-order valence-corrected chi connectivity index (χ3v) is 4.42. The van der Waals surface area contributed by atoms with Crippen LogP contribution in [0.1, 0.15) is 5.56 Å². The smallest absolute Gasteiger partial charge is 0.244 e. The zero-order valence-electron chi connectivity index (χ0n) is 15.1. The molecular formula is C20H21N5O2. The van der Waals surface area contributed by atoms with Crippen LogP contribution in [0.15, 0.2) is 54.7 Å². The van der Waals surface area contributed by atoms with Gasteiger partial charge in [-0.2, -0.15) is 10.1 Å². The monoisotopic (exact) mass is 363 g/mol. The van der Waals surface area contributed by atoms with Crippen LogP contribution >= 0.6 is 0 Å². The molecule has 0 spiro atoms. The van der Waals surface area contributed by atoms with E-state index < -0.39 is 0 Å². The number of hydrogen-bond donors (Lipinski definition) is 1. The van der Waals surface area contributed by atoms with Crippen LogP contribution in [0.4, 0.5) is 17.5 Å². The Hall–Kier alpha value is -3.35. The minimum Gasteiger partial charge on any atom is -0.497 e. The van der Waals surface area contributed by atoms with Crippen LogP contribution in [-0.4, -0.2) is 42.0 Å². The summed E-state index contributed by atoms with van der Waals surface area (Å²) in [6.45, 7) is 1.97. The van der Waals surface area contributed by atoms with Crippen molar-refractivity contribution in [2.24, 2.45) is 0 Å². The van der Waals surface area contributed by atoms with E-state index >= 15 is 0 Å². The quantitative estimate of drug-likeness (QED) is 0.647.